The SMILES string of the molecule is Cc1nc(Nc2cccnc2Oc2ccccc2C(C)(C)C)sc1N1CCOCC1. The first kappa shape index (κ1) is 20.6. The van der Waals surface area contributed by atoms with Crippen molar-refractivity contribution in [3.8, 4) is 11.6 Å². The van der Waals surface area contributed by atoms with E-state index in [1.54, 1.807) is 17.5 Å². The third-order valence-corrected chi connectivity index (χ3v) is 6.12. The maximum Gasteiger partial charge on any atom is 0.243 e. The molecule has 0 spiro atoms. The van der Waals surface area contributed by atoms with Gasteiger partial charge in [-0.3, -0.25) is 0 Å². The second kappa shape index (κ2) is 8.62. The van der Waals surface area contributed by atoms with Gasteiger partial charge in [0.05, 0.1) is 18.9 Å². The standard InChI is InChI=1S/C23H28N4O2S/c1-16-21(27-12-14-28-15-13-27)30-22(25-16)26-18-9-7-11-24-20(18)29-19-10-6-5-8-17(19)23(2,3)4/h5-11H,12-15H2,1-4H3,(H,25,26). The fourth-order valence-electron chi connectivity index (χ4n) is 3.46. The normalized spacial score (nSPS) is 14.6. The molecule has 0 radical (unpaired) electrons. The Morgan fingerprint density at radius 1 is 1.10 bits per heavy atom. The number of aromatic nitrogens is 2. The Hall–Kier alpha value is -2.64. The third-order valence-electron chi connectivity index (χ3n) is 4.98. The maximum atomic E-state index is 6.27. The van der Waals surface area contributed by atoms with Crippen LogP contribution in [-0.2, 0) is 10.2 Å². The zero-order valence-corrected chi connectivity index (χ0v) is 18.8. The topological polar surface area (TPSA) is 59.5 Å². The van der Waals surface area contributed by atoms with E-state index < -0.39 is 0 Å². The molecular weight excluding hydrogens is 396 g/mol. The molecule has 0 saturated carbocycles. The lowest BCUT2D eigenvalue weighted by Crippen LogP contribution is -2.36. The Balaban J connectivity index is 1.58. The molecule has 1 aliphatic rings. The molecule has 0 atom stereocenters. The number of pyridine rings is 1. The van der Waals surface area contributed by atoms with Crippen LogP contribution in [0.15, 0.2) is 42.6 Å². The van der Waals surface area contributed by atoms with Gasteiger partial charge in [0, 0.05) is 24.8 Å². The predicted molar refractivity (Wildman–Crippen MR) is 123 cm³/mol. The van der Waals surface area contributed by atoms with Crippen LogP contribution in [0.2, 0.25) is 0 Å². The van der Waals surface area contributed by atoms with Crippen LogP contribution in [0.1, 0.15) is 32.0 Å². The van der Waals surface area contributed by atoms with Crippen molar-refractivity contribution in [3.05, 3.63) is 53.9 Å². The van der Waals surface area contributed by atoms with Crippen LogP contribution in [0.3, 0.4) is 0 Å². The van der Waals surface area contributed by atoms with Crippen molar-refractivity contribution in [1.29, 1.82) is 0 Å². The molecule has 30 heavy (non-hydrogen) atoms. The zero-order valence-electron chi connectivity index (χ0n) is 17.9. The highest BCUT2D eigenvalue weighted by atomic mass is 32.1. The summed E-state index contributed by atoms with van der Waals surface area (Å²) in [6, 6.07) is 12.0. The lowest BCUT2D eigenvalue weighted by atomic mass is 9.86. The number of rotatable bonds is 5. The van der Waals surface area contributed by atoms with E-state index in [9.17, 15) is 0 Å². The van der Waals surface area contributed by atoms with E-state index in [1.165, 1.54) is 5.00 Å². The maximum absolute atomic E-state index is 6.27. The van der Waals surface area contributed by atoms with Crippen LogP contribution >= 0.6 is 11.3 Å². The number of hydrogen-bond donors (Lipinski definition) is 1. The summed E-state index contributed by atoms with van der Waals surface area (Å²) in [6.45, 7) is 11.9. The summed E-state index contributed by atoms with van der Waals surface area (Å²) in [5.74, 6) is 1.35. The Kier molecular flexibility index (Phi) is 5.92. The highest BCUT2D eigenvalue weighted by molar-refractivity contribution is 7.19. The number of thiazole rings is 1. The lowest BCUT2D eigenvalue weighted by molar-refractivity contribution is 0.123. The van der Waals surface area contributed by atoms with Gasteiger partial charge < -0.3 is 19.7 Å². The van der Waals surface area contributed by atoms with Crippen molar-refractivity contribution in [2.45, 2.75) is 33.1 Å². The zero-order chi connectivity index (χ0) is 21.1. The van der Waals surface area contributed by atoms with Crippen molar-refractivity contribution in [2.24, 2.45) is 0 Å². The van der Waals surface area contributed by atoms with Crippen molar-refractivity contribution < 1.29 is 9.47 Å². The number of hydrogen-bond acceptors (Lipinski definition) is 7. The summed E-state index contributed by atoms with van der Waals surface area (Å²) in [5.41, 5.74) is 2.93. The third kappa shape index (κ3) is 4.57. The fraction of sp³-hybridized carbons (Fsp3) is 0.391. The molecule has 3 aromatic rings. The van der Waals surface area contributed by atoms with Gasteiger partial charge in [-0.2, -0.15) is 0 Å². The van der Waals surface area contributed by atoms with Gasteiger partial charge in [0.2, 0.25) is 5.88 Å². The molecule has 158 valence electrons. The highest BCUT2D eigenvalue weighted by Gasteiger charge is 2.21. The first-order chi connectivity index (χ1) is 14.4. The van der Waals surface area contributed by atoms with Crippen LogP contribution < -0.4 is 15.0 Å². The molecule has 2 aromatic heterocycles. The van der Waals surface area contributed by atoms with Gasteiger partial charge in [-0.25, -0.2) is 9.97 Å². The minimum Gasteiger partial charge on any atom is -0.437 e. The minimum atomic E-state index is -0.0293. The Morgan fingerprint density at radius 2 is 1.87 bits per heavy atom. The van der Waals surface area contributed by atoms with E-state index in [1.807, 2.05) is 37.3 Å². The van der Waals surface area contributed by atoms with Gasteiger partial charge in [-0.15, -0.1) is 0 Å². The van der Waals surface area contributed by atoms with Gasteiger partial charge in [0.25, 0.3) is 0 Å². The average Bonchev–Trinajstić information content (AvgIpc) is 3.10. The Morgan fingerprint density at radius 3 is 2.63 bits per heavy atom. The smallest absolute Gasteiger partial charge is 0.243 e. The van der Waals surface area contributed by atoms with E-state index in [-0.39, 0.29) is 5.41 Å². The van der Waals surface area contributed by atoms with Crippen molar-refractivity contribution >= 4 is 27.2 Å². The summed E-state index contributed by atoms with van der Waals surface area (Å²) in [4.78, 5) is 11.5. The Bertz CT molecular complexity index is 1010. The molecule has 1 aromatic carbocycles. The predicted octanol–water partition coefficient (Wildman–Crippen LogP) is 5.52. The molecule has 6 nitrogen and oxygen atoms in total. The summed E-state index contributed by atoms with van der Waals surface area (Å²) < 4.78 is 11.7. The quantitative estimate of drug-likeness (QED) is 0.582. The van der Waals surface area contributed by atoms with Crippen LogP contribution in [-0.4, -0.2) is 36.3 Å². The van der Waals surface area contributed by atoms with Gasteiger partial charge in [-0.1, -0.05) is 50.3 Å². The molecule has 7 heteroatoms. The number of para-hydroxylation sites is 1. The van der Waals surface area contributed by atoms with Crippen LogP contribution in [0.4, 0.5) is 15.8 Å². The molecule has 1 saturated heterocycles. The number of anilines is 3. The largest absolute Gasteiger partial charge is 0.437 e. The molecule has 0 bridgehead atoms. The van der Waals surface area contributed by atoms with Crippen LogP contribution in [0.5, 0.6) is 11.6 Å². The van der Waals surface area contributed by atoms with Crippen molar-refractivity contribution in [2.75, 3.05) is 36.5 Å². The van der Waals surface area contributed by atoms with E-state index >= 15 is 0 Å². The fourth-order valence-corrected chi connectivity index (χ4v) is 4.50. The summed E-state index contributed by atoms with van der Waals surface area (Å²) in [7, 11) is 0. The van der Waals surface area contributed by atoms with E-state index in [4.69, 9.17) is 14.5 Å². The highest BCUT2D eigenvalue weighted by Crippen LogP contribution is 2.38. The second-order valence-corrected chi connectivity index (χ2v) is 9.32. The van der Waals surface area contributed by atoms with Gasteiger partial charge in [-0.05, 0) is 30.5 Å². The summed E-state index contributed by atoms with van der Waals surface area (Å²) in [6.07, 6.45) is 1.74. The van der Waals surface area contributed by atoms with Gasteiger partial charge in [0.15, 0.2) is 5.13 Å². The summed E-state index contributed by atoms with van der Waals surface area (Å²) >= 11 is 1.65. The van der Waals surface area contributed by atoms with E-state index in [0.29, 0.717) is 5.88 Å². The first-order valence-corrected chi connectivity index (χ1v) is 11.0. The lowest BCUT2D eigenvalue weighted by Gasteiger charge is -2.27. The van der Waals surface area contributed by atoms with E-state index in [2.05, 4.69) is 42.0 Å². The molecule has 3 heterocycles. The molecule has 0 unspecified atom stereocenters. The molecule has 0 amide bonds. The molecular formula is C23H28N4O2S. The molecule has 1 aliphatic heterocycles. The number of morpholine rings is 1. The number of nitrogens with zero attached hydrogens (tertiary/aromatic N) is 3. The molecule has 0 aliphatic carbocycles. The van der Waals surface area contributed by atoms with Crippen molar-refractivity contribution in [1.82, 2.24) is 9.97 Å². The van der Waals surface area contributed by atoms with Crippen LogP contribution in [0, 0.1) is 6.92 Å². The summed E-state index contributed by atoms with van der Waals surface area (Å²) in [5, 5.41) is 5.43. The molecule has 1 N–H and O–H groups in total. The van der Waals surface area contributed by atoms with Gasteiger partial charge >= 0.3 is 0 Å². The van der Waals surface area contributed by atoms with E-state index in [0.717, 1.165) is 54.1 Å². The average molecular weight is 425 g/mol. The number of aryl methyl sites for hydroxylation is 1. The molecule has 4 rings (SSSR count). The van der Waals surface area contributed by atoms with Gasteiger partial charge in [0.1, 0.15) is 16.4 Å². The first-order valence-electron chi connectivity index (χ1n) is 10.2. The second-order valence-electron chi connectivity index (χ2n) is 8.34. The van der Waals surface area contributed by atoms with Crippen LogP contribution in [0.25, 0.3) is 0 Å². The Labute approximate surface area is 181 Å². The monoisotopic (exact) mass is 424 g/mol. The molecule has 1 fully saturated rings. The number of nitrogens with one attached hydrogen (secondary N) is 1. The number of benzene rings is 1. The van der Waals surface area contributed by atoms with Crippen molar-refractivity contribution in [3.63, 3.8) is 0 Å². The number of ether oxygens (including phenoxy) is 2. The minimum absolute atomic E-state index is 0.0293.